The van der Waals surface area contributed by atoms with E-state index >= 15 is 0 Å². The number of nitrogens with zero attached hydrogens (tertiary/aromatic N) is 1. The fourth-order valence-corrected chi connectivity index (χ4v) is 11.8. The van der Waals surface area contributed by atoms with Crippen LogP contribution in [0.3, 0.4) is 0 Å². The number of esters is 6. The molecule has 0 aromatic carbocycles. The predicted molar refractivity (Wildman–Crippen MR) is 270 cm³/mol. The van der Waals surface area contributed by atoms with E-state index in [1.165, 1.54) is 70.6 Å². The van der Waals surface area contributed by atoms with E-state index in [2.05, 4.69) is 18.7 Å². The van der Waals surface area contributed by atoms with Crippen LogP contribution >= 0.6 is 0 Å². The van der Waals surface area contributed by atoms with Crippen molar-refractivity contribution in [3.63, 3.8) is 0 Å². The highest BCUT2D eigenvalue weighted by molar-refractivity contribution is 5.72. The molecule has 0 spiro atoms. The maximum absolute atomic E-state index is 13.8. The zero-order valence-corrected chi connectivity index (χ0v) is 44.2. The summed E-state index contributed by atoms with van der Waals surface area (Å²) in [6.45, 7) is 7.09. The Morgan fingerprint density at radius 3 is 1.14 bits per heavy atom. The molecule has 13 heteroatoms. The number of likely N-dealkylation sites (tertiary alicyclic amines) is 1. The van der Waals surface area contributed by atoms with Crippen molar-refractivity contribution in [2.24, 2.45) is 28.6 Å². The van der Waals surface area contributed by atoms with Crippen LogP contribution in [0, 0.1) is 28.6 Å². The maximum Gasteiger partial charge on any atom is 0.306 e. The van der Waals surface area contributed by atoms with Crippen molar-refractivity contribution < 1.29 is 57.2 Å². The van der Waals surface area contributed by atoms with Crippen molar-refractivity contribution in [3.05, 3.63) is 0 Å². The molecule has 70 heavy (non-hydrogen) atoms. The van der Waals surface area contributed by atoms with Crippen LogP contribution in [-0.2, 0) is 57.2 Å². The second-order valence-corrected chi connectivity index (χ2v) is 22.2. The van der Waals surface area contributed by atoms with Crippen molar-refractivity contribution >= 4 is 35.8 Å². The van der Waals surface area contributed by atoms with Gasteiger partial charge in [-0.1, -0.05) is 104 Å². The average molecular weight is 988 g/mol. The molecule has 1 aliphatic heterocycles. The molecular formula is C57H97NO12. The fraction of sp³-hybridized carbons (Fsp3) is 0.895. The third-order valence-electron chi connectivity index (χ3n) is 15.4. The fourth-order valence-electron chi connectivity index (χ4n) is 11.8. The molecule has 0 aromatic rings. The van der Waals surface area contributed by atoms with Crippen molar-refractivity contribution in [1.82, 2.24) is 4.90 Å². The number of hydrogen-bond donors (Lipinski definition) is 0. The number of hydrogen-bond acceptors (Lipinski definition) is 13. The summed E-state index contributed by atoms with van der Waals surface area (Å²) in [5.41, 5.74) is -1.38. The molecule has 0 radical (unpaired) electrons. The summed E-state index contributed by atoms with van der Waals surface area (Å²) in [7, 11) is 0. The zero-order valence-electron chi connectivity index (χ0n) is 44.2. The molecule has 0 N–H and O–H groups in total. The second kappa shape index (κ2) is 35.0. The lowest BCUT2D eigenvalue weighted by atomic mass is 9.49. The summed E-state index contributed by atoms with van der Waals surface area (Å²) in [6.07, 6.45) is 30.9. The first-order valence-electron chi connectivity index (χ1n) is 28.7. The van der Waals surface area contributed by atoms with Gasteiger partial charge in [0.05, 0.1) is 19.6 Å². The van der Waals surface area contributed by atoms with Crippen molar-refractivity contribution in [2.45, 2.75) is 239 Å². The van der Waals surface area contributed by atoms with Crippen molar-refractivity contribution in [3.8, 4) is 0 Å². The van der Waals surface area contributed by atoms with Crippen LogP contribution in [0.5, 0.6) is 0 Å². The van der Waals surface area contributed by atoms with Gasteiger partial charge < -0.3 is 33.3 Å². The first kappa shape index (κ1) is 59.3. The van der Waals surface area contributed by atoms with Crippen LogP contribution < -0.4 is 0 Å². The van der Waals surface area contributed by atoms with E-state index < -0.39 is 23.3 Å². The van der Waals surface area contributed by atoms with Gasteiger partial charge in [0.2, 0.25) is 0 Å². The highest BCUT2D eigenvalue weighted by atomic mass is 16.6. The number of rotatable bonds is 42. The van der Waals surface area contributed by atoms with Crippen LogP contribution in [0.4, 0.5) is 0 Å². The minimum atomic E-state index is -1.33. The first-order valence-corrected chi connectivity index (χ1v) is 28.7. The second-order valence-electron chi connectivity index (χ2n) is 22.2. The van der Waals surface area contributed by atoms with E-state index in [-0.39, 0.29) is 69.0 Å². The molecule has 0 aromatic heterocycles. The van der Waals surface area contributed by atoms with E-state index in [1.807, 2.05) is 0 Å². The number of unbranched alkanes of at least 4 members (excludes halogenated alkanes) is 16. The molecule has 1 heterocycles. The molecular weight excluding hydrogens is 891 g/mol. The third kappa shape index (κ3) is 25.4. The topological polar surface area (TPSA) is 161 Å². The zero-order chi connectivity index (χ0) is 50.1. The Kier molecular flexibility index (Phi) is 29.7. The monoisotopic (exact) mass is 988 g/mol. The average Bonchev–Trinajstić information content (AvgIpc) is 3.85. The SMILES string of the molecule is CCCCCCCCCOC(=O)CCCCCC(=O)OCC(COC(=O)CCCCCC(=O)OCCCCCCCCC)(COC(=O)CCCN1CCCC1)COC(=O)CC12CC3CC(CC(C3)C1)C2. The normalized spacial score (nSPS) is 20.6. The standard InChI is InChI=1S/C57H97NO12/c1-3-5-7-9-11-13-23-34-65-50(59)26-17-15-19-28-52(61)67-43-57(45-69-54(63)30-25-33-58-31-21-22-32-58,46-70-55(64)42-56-39-47-36-48(40-56)38-49(37-47)41-56)44-68-53(62)29-20-16-18-27-51(60)66-35-24-14-12-10-8-6-4-2/h47-49H,3-46H2,1-2H3. The number of ether oxygens (including phenoxy) is 6. The van der Waals surface area contributed by atoms with E-state index in [1.54, 1.807) is 0 Å². The Bertz CT molecular complexity index is 1420. The minimum Gasteiger partial charge on any atom is -0.466 e. The van der Waals surface area contributed by atoms with Gasteiger partial charge in [-0.2, -0.15) is 0 Å². The molecule has 4 saturated carbocycles. The van der Waals surface area contributed by atoms with Gasteiger partial charge >= 0.3 is 35.8 Å². The summed E-state index contributed by atoms with van der Waals surface area (Å²) < 4.78 is 34.5. The van der Waals surface area contributed by atoms with Crippen LogP contribution in [0.15, 0.2) is 0 Å². The smallest absolute Gasteiger partial charge is 0.306 e. The van der Waals surface area contributed by atoms with Gasteiger partial charge in [-0.3, -0.25) is 28.8 Å². The van der Waals surface area contributed by atoms with Crippen LogP contribution in [0.2, 0.25) is 0 Å². The maximum atomic E-state index is 13.8. The quantitative estimate of drug-likeness (QED) is 0.0323. The van der Waals surface area contributed by atoms with Gasteiger partial charge in [0, 0.05) is 32.1 Å². The number of carbonyl (C=O) groups excluding carboxylic acids is 6. The van der Waals surface area contributed by atoms with E-state index in [4.69, 9.17) is 28.4 Å². The van der Waals surface area contributed by atoms with Crippen LogP contribution in [0.1, 0.15) is 239 Å². The Labute approximate surface area is 423 Å². The number of carbonyl (C=O) groups is 6. The molecule has 4 aliphatic carbocycles. The van der Waals surface area contributed by atoms with Crippen LogP contribution in [0.25, 0.3) is 0 Å². The van der Waals surface area contributed by atoms with E-state index in [0.29, 0.717) is 95.2 Å². The van der Waals surface area contributed by atoms with E-state index in [0.717, 1.165) is 90.3 Å². The molecule has 13 nitrogen and oxygen atoms in total. The summed E-state index contributed by atoms with van der Waals surface area (Å²) in [6, 6.07) is 0. The molecule has 0 amide bonds. The molecule has 0 unspecified atom stereocenters. The van der Waals surface area contributed by atoms with Crippen molar-refractivity contribution in [2.75, 3.05) is 59.3 Å². The summed E-state index contributed by atoms with van der Waals surface area (Å²) >= 11 is 0. The Morgan fingerprint density at radius 1 is 0.414 bits per heavy atom. The molecule has 0 atom stereocenters. The van der Waals surface area contributed by atoms with E-state index in [9.17, 15) is 28.8 Å². The molecule has 5 aliphatic rings. The Balaban J connectivity index is 1.28. The van der Waals surface area contributed by atoms with Gasteiger partial charge in [-0.05, 0) is 139 Å². The lowest BCUT2D eigenvalue weighted by molar-refractivity contribution is -0.173. The van der Waals surface area contributed by atoms with Gasteiger partial charge in [0.25, 0.3) is 0 Å². The Morgan fingerprint density at radius 2 is 0.743 bits per heavy atom. The predicted octanol–water partition coefficient (Wildman–Crippen LogP) is 12.1. The minimum absolute atomic E-state index is 0.0518. The van der Waals surface area contributed by atoms with Gasteiger partial charge in [0.1, 0.15) is 31.8 Å². The lowest BCUT2D eigenvalue weighted by Crippen LogP contribution is -2.47. The molecule has 402 valence electrons. The van der Waals surface area contributed by atoms with Crippen molar-refractivity contribution in [1.29, 1.82) is 0 Å². The molecule has 1 saturated heterocycles. The molecule has 5 fully saturated rings. The van der Waals surface area contributed by atoms with Gasteiger partial charge in [-0.15, -0.1) is 0 Å². The largest absolute Gasteiger partial charge is 0.466 e. The highest BCUT2D eigenvalue weighted by Crippen LogP contribution is 2.61. The molecule has 4 bridgehead atoms. The summed E-state index contributed by atoms with van der Waals surface area (Å²) in [5, 5.41) is 0. The van der Waals surface area contributed by atoms with Crippen LogP contribution in [-0.4, -0.2) is 100.0 Å². The Hall–Kier alpha value is -3.22. The van der Waals surface area contributed by atoms with Gasteiger partial charge in [0.15, 0.2) is 0 Å². The summed E-state index contributed by atoms with van der Waals surface area (Å²) in [4.78, 5) is 80.5. The van der Waals surface area contributed by atoms with Gasteiger partial charge in [-0.25, -0.2) is 0 Å². The first-order chi connectivity index (χ1) is 34.0. The third-order valence-corrected chi connectivity index (χ3v) is 15.4. The summed E-state index contributed by atoms with van der Waals surface area (Å²) in [5.74, 6) is -0.122. The highest BCUT2D eigenvalue weighted by Gasteiger charge is 2.52. The molecule has 5 rings (SSSR count). The lowest BCUT2D eigenvalue weighted by Gasteiger charge is -2.56.